The Morgan fingerprint density at radius 1 is 1.38 bits per heavy atom. The molecule has 0 bridgehead atoms. The Balaban J connectivity index is 2.02. The van der Waals surface area contributed by atoms with E-state index < -0.39 is 6.10 Å². The highest BCUT2D eigenvalue weighted by molar-refractivity contribution is 5.83. The summed E-state index contributed by atoms with van der Waals surface area (Å²) >= 11 is 0. The van der Waals surface area contributed by atoms with Crippen LogP contribution in [0.25, 0.3) is 0 Å². The highest BCUT2D eigenvalue weighted by atomic mass is 16.3. The molecule has 0 heterocycles. The third-order valence-corrected chi connectivity index (χ3v) is 3.38. The summed E-state index contributed by atoms with van der Waals surface area (Å²) in [4.78, 5) is 11.5. The minimum atomic E-state index is -0.415. The van der Waals surface area contributed by atoms with Crippen molar-refractivity contribution in [3.05, 3.63) is 35.4 Å². The van der Waals surface area contributed by atoms with Crippen molar-refractivity contribution in [2.24, 2.45) is 5.92 Å². The van der Waals surface area contributed by atoms with E-state index in [1.165, 1.54) is 5.56 Å². The van der Waals surface area contributed by atoms with E-state index in [9.17, 15) is 9.90 Å². The van der Waals surface area contributed by atoms with Crippen LogP contribution in [-0.4, -0.2) is 10.9 Å². The van der Waals surface area contributed by atoms with E-state index in [4.69, 9.17) is 0 Å². The van der Waals surface area contributed by atoms with E-state index in [1.54, 1.807) is 6.92 Å². The van der Waals surface area contributed by atoms with Gasteiger partial charge in [0.2, 0.25) is 0 Å². The lowest BCUT2D eigenvalue weighted by molar-refractivity contribution is -0.120. The lowest BCUT2D eigenvalue weighted by Gasteiger charge is -2.09. The molecule has 2 atom stereocenters. The molecule has 0 aromatic heterocycles. The Morgan fingerprint density at radius 2 is 2.06 bits per heavy atom. The van der Waals surface area contributed by atoms with Gasteiger partial charge in [0.15, 0.2) is 0 Å². The van der Waals surface area contributed by atoms with Crippen LogP contribution in [-0.2, 0) is 11.2 Å². The summed E-state index contributed by atoms with van der Waals surface area (Å²) in [6.07, 6.45) is 3.30. The first-order chi connectivity index (χ1) is 7.66. The van der Waals surface area contributed by atoms with Gasteiger partial charge in [-0.05, 0) is 37.3 Å². The maximum absolute atomic E-state index is 11.5. The number of rotatable bonds is 3. The molecule has 0 radical (unpaired) electrons. The SMILES string of the molecule is C[C@H](O)c1ccc(CC2CCCC2=O)cc1. The number of hydrogen-bond donors (Lipinski definition) is 1. The molecule has 1 unspecified atom stereocenters. The largest absolute Gasteiger partial charge is 0.389 e. The summed E-state index contributed by atoms with van der Waals surface area (Å²) in [5.74, 6) is 0.650. The van der Waals surface area contributed by atoms with Crippen LogP contribution >= 0.6 is 0 Å². The predicted octanol–water partition coefficient (Wildman–Crippen LogP) is 2.65. The Kier molecular flexibility index (Phi) is 3.39. The van der Waals surface area contributed by atoms with Gasteiger partial charge in [-0.15, -0.1) is 0 Å². The summed E-state index contributed by atoms with van der Waals surface area (Å²) in [5.41, 5.74) is 2.13. The fraction of sp³-hybridized carbons (Fsp3) is 0.500. The van der Waals surface area contributed by atoms with Crippen molar-refractivity contribution in [1.82, 2.24) is 0 Å². The van der Waals surface area contributed by atoms with Crippen molar-refractivity contribution < 1.29 is 9.90 Å². The third kappa shape index (κ3) is 2.50. The van der Waals surface area contributed by atoms with Gasteiger partial charge in [0.25, 0.3) is 0 Å². The minimum absolute atomic E-state index is 0.234. The summed E-state index contributed by atoms with van der Waals surface area (Å²) in [6.45, 7) is 1.76. The van der Waals surface area contributed by atoms with Gasteiger partial charge in [-0.2, -0.15) is 0 Å². The number of carbonyl (C=O) groups is 1. The molecule has 0 saturated heterocycles. The smallest absolute Gasteiger partial charge is 0.136 e. The highest BCUT2D eigenvalue weighted by Gasteiger charge is 2.24. The van der Waals surface area contributed by atoms with Crippen LogP contribution in [0.2, 0.25) is 0 Å². The molecule has 1 aliphatic rings. The zero-order valence-electron chi connectivity index (χ0n) is 9.65. The number of benzene rings is 1. The summed E-state index contributed by atoms with van der Waals surface area (Å²) in [6, 6.07) is 7.93. The molecule has 16 heavy (non-hydrogen) atoms. The standard InChI is InChI=1S/C14H18O2/c1-10(15)12-7-5-11(6-8-12)9-13-3-2-4-14(13)16/h5-8,10,13,15H,2-4,9H2,1H3/t10-,13?/m0/s1. The van der Waals surface area contributed by atoms with Crippen molar-refractivity contribution in [1.29, 1.82) is 0 Å². The molecule has 0 spiro atoms. The zero-order chi connectivity index (χ0) is 11.5. The fourth-order valence-corrected chi connectivity index (χ4v) is 2.32. The summed E-state index contributed by atoms with van der Waals surface area (Å²) in [7, 11) is 0. The lowest BCUT2D eigenvalue weighted by Crippen LogP contribution is -2.09. The molecule has 2 heteroatoms. The normalized spacial score (nSPS) is 22.4. The zero-order valence-corrected chi connectivity index (χ0v) is 9.65. The second-order valence-corrected chi connectivity index (χ2v) is 4.68. The topological polar surface area (TPSA) is 37.3 Å². The van der Waals surface area contributed by atoms with Crippen molar-refractivity contribution in [3.8, 4) is 0 Å². The molecule has 1 aromatic rings. The van der Waals surface area contributed by atoms with Crippen molar-refractivity contribution >= 4 is 5.78 Å². The molecule has 1 saturated carbocycles. The highest BCUT2D eigenvalue weighted by Crippen LogP contribution is 2.25. The number of aliphatic hydroxyl groups is 1. The molecular formula is C14H18O2. The molecule has 2 nitrogen and oxygen atoms in total. The fourth-order valence-electron chi connectivity index (χ4n) is 2.32. The van der Waals surface area contributed by atoms with Crippen LogP contribution in [0.5, 0.6) is 0 Å². The van der Waals surface area contributed by atoms with Crippen LogP contribution in [0.4, 0.5) is 0 Å². The predicted molar refractivity (Wildman–Crippen MR) is 63.1 cm³/mol. The van der Waals surface area contributed by atoms with E-state index >= 15 is 0 Å². The number of aliphatic hydroxyl groups excluding tert-OH is 1. The third-order valence-electron chi connectivity index (χ3n) is 3.38. The quantitative estimate of drug-likeness (QED) is 0.846. The maximum atomic E-state index is 11.5. The van der Waals surface area contributed by atoms with Crippen LogP contribution in [0.15, 0.2) is 24.3 Å². The molecule has 2 rings (SSSR count). The van der Waals surface area contributed by atoms with E-state index in [2.05, 4.69) is 0 Å². The van der Waals surface area contributed by atoms with Crippen LogP contribution in [0, 0.1) is 5.92 Å². The first-order valence-corrected chi connectivity index (χ1v) is 5.96. The molecule has 0 amide bonds. The number of carbonyl (C=O) groups excluding carboxylic acids is 1. The number of ketones is 1. The van der Waals surface area contributed by atoms with E-state index in [0.29, 0.717) is 5.78 Å². The molecule has 1 N–H and O–H groups in total. The van der Waals surface area contributed by atoms with Crippen LogP contribution < -0.4 is 0 Å². The van der Waals surface area contributed by atoms with E-state index in [1.807, 2.05) is 24.3 Å². The summed E-state index contributed by atoms with van der Waals surface area (Å²) < 4.78 is 0. The van der Waals surface area contributed by atoms with Gasteiger partial charge >= 0.3 is 0 Å². The molecule has 86 valence electrons. The molecule has 1 aromatic carbocycles. The van der Waals surface area contributed by atoms with Gasteiger partial charge in [0, 0.05) is 12.3 Å². The minimum Gasteiger partial charge on any atom is -0.389 e. The first-order valence-electron chi connectivity index (χ1n) is 5.96. The summed E-state index contributed by atoms with van der Waals surface area (Å²) in [5, 5.41) is 9.39. The average molecular weight is 218 g/mol. The Labute approximate surface area is 96.3 Å². The lowest BCUT2D eigenvalue weighted by atomic mass is 9.96. The molecule has 0 aliphatic heterocycles. The Hall–Kier alpha value is -1.15. The van der Waals surface area contributed by atoms with Crippen LogP contribution in [0.1, 0.15) is 43.4 Å². The van der Waals surface area contributed by atoms with Crippen molar-refractivity contribution in [3.63, 3.8) is 0 Å². The van der Waals surface area contributed by atoms with E-state index in [0.717, 1.165) is 31.2 Å². The Morgan fingerprint density at radius 3 is 2.56 bits per heavy atom. The number of Topliss-reactive ketones (excluding diaryl/α,β-unsaturated/α-hetero) is 1. The van der Waals surface area contributed by atoms with Gasteiger partial charge in [-0.3, -0.25) is 4.79 Å². The van der Waals surface area contributed by atoms with Crippen molar-refractivity contribution in [2.75, 3.05) is 0 Å². The molecule has 1 fully saturated rings. The van der Waals surface area contributed by atoms with Gasteiger partial charge < -0.3 is 5.11 Å². The van der Waals surface area contributed by atoms with Crippen LogP contribution in [0.3, 0.4) is 0 Å². The van der Waals surface area contributed by atoms with Gasteiger partial charge in [-0.1, -0.05) is 24.3 Å². The molecule has 1 aliphatic carbocycles. The Bertz CT molecular complexity index is 365. The first kappa shape index (κ1) is 11.3. The molecular weight excluding hydrogens is 200 g/mol. The average Bonchev–Trinajstić information content (AvgIpc) is 2.65. The van der Waals surface area contributed by atoms with E-state index in [-0.39, 0.29) is 5.92 Å². The maximum Gasteiger partial charge on any atom is 0.136 e. The van der Waals surface area contributed by atoms with Gasteiger partial charge in [-0.25, -0.2) is 0 Å². The van der Waals surface area contributed by atoms with Gasteiger partial charge in [0.05, 0.1) is 6.10 Å². The van der Waals surface area contributed by atoms with Crippen molar-refractivity contribution in [2.45, 2.75) is 38.7 Å². The second-order valence-electron chi connectivity index (χ2n) is 4.68. The monoisotopic (exact) mass is 218 g/mol. The number of hydrogen-bond acceptors (Lipinski definition) is 2. The second kappa shape index (κ2) is 4.79. The van der Waals surface area contributed by atoms with Gasteiger partial charge in [0.1, 0.15) is 5.78 Å².